The molecule has 0 aromatic heterocycles. The zero-order chi connectivity index (χ0) is 11.4. The van der Waals surface area contributed by atoms with Crippen LogP contribution in [0, 0.1) is 0 Å². The molecule has 0 saturated heterocycles. The standard InChI is InChI=1S/C11H21FOP/c1-6-11(3,7-2)14(4,5)9-10(12)8-13/h6,8,10H,1,7,9H2,2-5H3/q+1. The molecule has 0 N–H and O–H groups in total. The quantitative estimate of drug-likeness (QED) is 0.381. The van der Waals surface area contributed by atoms with Crippen molar-refractivity contribution in [1.82, 2.24) is 0 Å². The highest BCUT2D eigenvalue weighted by Crippen LogP contribution is 2.65. The third-order valence-corrected chi connectivity index (χ3v) is 7.84. The van der Waals surface area contributed by atoms with Crippen LogP contribution in [0.25, 0.3) is 0 Å². The highest BCUT2D eigenvalue weighted by Gasteiger charge is 2.45. The van der Waals surface area contributed by atoms with Gasteiger partial charge in [0.25, 0.3) is 0 Å². The third kappa shape index (κ3) is 2.88. The van der Waals surface area contributed by atoms with Crippen LogP contribution in [-0.4, -0.2) is 37.1 Å². The van der Waals surface area contributed by atoms with Crippen molar-refractivity contribution in [1.29, 1.82) is 0 Å². The number of rotatable bonds is 6. The minimum absolute atomic E-state index is 0.0135. The number of hydrogen-bond donors (Lipinski definition) is 0. The predicted octanol–water partition coefficient (Wildman–Crippen LogP) is 3.16. The Balaban J connectivity index is 4.73. The molecule has 0 aromatic rings. The Labute approximate surface area is 87.1 Å². The summed E-state index contributed by atoms with van der Waals surface area (Å²) >= 11 is 0. The number of carbonyl (C=O) groups is 1. The average molecular weight is 219 g/mol. The van der Waals surface area contributed by atoms with Crippen molar-refractivity contribution >= 4 is 13.5 Å². The van der Waals surface area contributed by atoms with Gasteiger partial charge in [0.1, 0.15) is 0 Å². The van der Waals surface area contributed by atoms with Gasteiger partial charge in [-0.1, -0.05) is 13.5 Å². The molecule has 0 aromatic carbocycles. The lowest BCUT2D eigenvalue weighted by Gasteiger charge is -2.35. The first kappa shape index (κ1) is 13.8. The van der Waals surface area contributed by atoms with E-state index in [4.69, 9.17) is 0 Å². The van der Waals surface area contributed by atoms with Crippen LogP contribution in [-0.2, 0) is 4.79 Å². The van der Waals surface area contributed by atoms with Gasteiger partial charge in [-0.15, -0.1) is 0 Å². The molecule has 2 atom stereocenters. The van der Waals surface area contributed by atoms with Gasteiger partial charge < -0.3 is 0 Å². The van der Waals surface area contributed by atoms with Crippen LogP contribution in [0.2, 0.25) is 0 Å². The van der Waals surface area contributed by atoms with Gasteiger partial charge >= 0.3 is 0 Å². The van der Waals surface area contributed by atoms with Gasteiger partial charge in [0, 0.05) is 20.6 Å². The number of halogens is 1. The van der Waals surface area contributed by atoms with Crippen LogP contribution in [0.3, 0.4) is 0 Å². The molecule has 0 spiro atoms. The number of alkyl halides is 1. The Bertz CT molecular complexity index is 215. The smallest absolute Gasteiger partial charge is 0.188 e. The predicted molar refractivity (Wildman–Crippen MR) is 63.5 cm³/mol. The molecule has 0 radical (unpaired) electrons. The van der Waals surface area contributed by atoms with E-state index in [9.17, 15) is 9.18 Å². The molecule has 0 aliphatic rings. The fourth-order valence-electron chi connectivity index (χ4n) is 1.51. The summed E-state index contributed by atoms with van der Waals surface area (Å²) in [5.41, 5.74) is 0. The zero-order valence-corrected chi connectivity index (χ0v) is 10.5. The number of hydrogen-bond acceptors (Lipinski definition) is 1. The molecule has 14 heavy (non-hydrogen) atoms. The summed E-state index contributed by atoms with van der Waals surface area (Å²) in [5.74, 6) is 0. The second-order valence-electron chi connectivity index (χ2n) is 4.43. The van der Waals surface area contributed by atoms with Crippen LogP contribution < -0.4 is 0 Å². The average Bonchev–Trinajstić information content (AvgIpc) is 2.15. The normalized spacial score (nSPS) is 18.4. The molecule has 82 valence electrons. The van der Waals surface area contributed by atoms with Crippen molar-refractivity contribution in [2.24, 2.45) is 0 Å². The maximum Gasteiger partial charge on any atom is 0.188 e. The maximum absolute atomic E-state index is 13.1. The number of carbonyl (C=O) groups excluding carboxylic acids is 1. The van der Waals surface area contributed by atoms with Gasteiger partial charge in [0.05, 0.1) is 11.3 Å². The van der Waals surface area contributed by atoms with E-state index in [1.54, 1.807) is 0 Å². The van der Waals surface area contributed by atoms with Crippen molar-refractivity contribution in [3.63, 3.8) is 0 Å². The maximum atomic E-state index is 13.1. The molecule has 0 saturated carbocycles. The fraction of sp³-hybridized carbons (Fsp3) is 0.727. The number of aldehydes is 1. The SMILES string of the molecule is C=CC(C)(CC)[P+](C)(C)CC(F)C=O. The summed E-state index contributed by atoms with van der Waals surface area (Å²) < 4.78 is 13.1. The summed E-state index contributed by atoms with van der Waals surface area (Å²) in [6.07, 6.45) is 2.32. The lowest BCUT2D eigenvalue weighted by molar-refractivity contribution is -0.111. The second-order valence-corrected chi connectivity index (χ2v) is 9.19. The molecule has 0 bridgehead atoms. The molecular weight excluding hydrogens is 198 g/mol. The van der Waals surface area contributed by atoms with E-state index in [0.29, 0.717) is 12.4 Å². The van der Waals surface area contributed by atoms with Gasteiger partial charge in [0.15, 0.2) is 12.5 Å². The summed E-state index contributed by atoms with van der Waals surface area (Å²) in [6, 6.07) is 0. The summed E-state index contributed by atoms with van der Waals surface area (Å²) in [6.45, 7) is 12.2. The van der Waals surface area contributed by atoms with Gasteiger partial charge in [-0.05, 0) is 19.4 Å². The first-order valence-electron chi connectivity index (χ1n) is 4.89. The number of allylic oxidation sites excluding steroid dienone is 1. The van der Waals surface area contributed by atoms with E-state index >= 15 is 0 Å². The summed E-state index contributed by atoms with van der Waals surface area (Å²) in [4.78, 5) is 10.3. The van der Waals surface area contributed by atoms with E-state index in [1.165, 1.54) is 0 Å². The Morgan fingerprint density at radius 1 is 1.57 bits per heavy atom. The molecule has 0 rings (SSSR count). The molecule has 0 aliphatic heterocycles. The zero-order valence-electron chi connectivity index (χ0n) is 9.59. The van der Waals surface area contributed by atoms with Crippen molar-refractivity contribution < 1.29 is 9.18 Å². The van der Waals surface area contributed by atoms with Crippen molar-refractivity contribution in [3.05, 3.63) is 12.7 Å². The minimum Gasteiger partial charge on any atom is -0.300 e. The van der Waals surface area contributed by atoms with Crippen LogP contribution in [0.4, 0.5) is 4.39 Å². The first-order chi connectivity index (χ1) is 6.33. The molecule has 2 unspecified atom stereocenters. The van der Waals surface area contributed by atoms with Crippen molar-refractivity contribution in [3.8, 4) is 0 Å². The third-order valence-electron chi connectivity index (χ3n) is 3.32. The van der Waals surface area contributed by atoms with Crippen LogP contribution in [0.15, 0.2) is 12.7 Å². The van der Waals surface area contributed by atoms with E-state index in [1.807, 2.05) is 6.08 Å². The molecule has 0 fully saturated rings. The lowest BCUT2D eigenvalue weighted by Crippen LogP contribution is -2.29. The fourth-order valence-corrected chi connectivity index (χ4v) is 4.23. The highest BCUT2D eigenvalue weighted by atomic mass is 31.2. The van der Waals surface area contributed by atoms with Crippen LogP contribution >= 0.6 is 7.26 Å². The lowest BCUT2D eigenvalue weighted by atomic mass is 10.1. The van der Waals surface area contributed by atoms with Gasteiger partial charge in [-0.3, -0.25) is 4.79 Å². The first-order valence-corrected chi connectivity index (χ1v) is 7.76. The summed E-state index contributed by atoms with van der Waals surface area (Å²) in [5, 5.41) is -0.0135. The largest absolute Gasteiger partial charge is 0.300 e. The molecule has 0 aliphatic carbocycles. The van der Waals surface area contributed by atoms with Gasteiger partial charge in [0.2, 0.25) is 0 Å². The Morgan fingerprint density at radius 2 is 2.07 bits per heavy atom. The van der Waals surface area contributed by atoms with Gasteiger partial charge in [-0.2, -0.15) is 0 Å². The Hall–Kier alpha value is -0.230. The van der Waals surface area contributed by atoms with E-state index < -0.39 is 13.4 Å². The monoisotopic (exact) mass is 219 g/mol. The van der Waals surface area contributed by atoms with Gasteiger partial charge in [-0.25, -0.2) is 4.39 Å². The molecule has 0 amide bonds. The molecule has 1 nitrogen and oxygen atoms in total. The molecular formula is C11H21FOP+. The van der Waals surface area contributed by atoms with Crippen molar-refractivity contribution in [2.45, 2.75) is 31.6 Å². The second kappa shape index (κ2) is 5.02. The Kier molecular flexibility index (Phi) is 4.94. The highest BCUT2D eigenvalue weighted by molar-refractivity contribution is 7.76. The Morgan fingerprint density at radius 3 is 2.36 bits per heavy atom. The van der Waals surface area contributed by atoms with E-state index in [0.717, 1.165) is 6.42 Å². The van der Waals surface area contributed by atoms with Crippen LogP contribution in [0.1, 0.15) is 20.3 Å². The van der Waals surface area contributed by atoms with E-state index in [-0.39, 0.29) is 5.16 Å². The van der Waals surface area contributed by atoms with Crippen LogP contribution in [0.5, 0.6) is 0 Å². The van der Waals surface area contributed by atoms with E-state index in [2.05, 4.69) is 33.8 Å². The summed E-state index contributed by atoms with van der Waals surface area (Å²) in [7, 11) is -1.46. The molecule has 0 heterocycles. The topological polar surface area (TPSA) is 17.1 Å². The molecule has 3 heteroatoms. The van der Waals surface area contributed by atoms with Crippen molar-refractivity contribution in [2.75, 3.05) is 19.5 Å². The minimum atomic E-state index is -1.46.